The van der Waals surface area contributed by atoms with Crippen molar-refractivity contribution in [2.45, 2.75) is 0 Å². The molecule has 0 aromatic heterocycles. The Balaban J connectivity index is 2.99. The van der Waals surface area contributed by atoms with Gasteiger partial charge in [0.25, 0.3) is 5.69 Å². The average Bonchev–Trinajstić information content (AvgIpc) is 2.25. The summed E-state index contributed by atoms with van der Waals surface area (Å²) in [5, 5.41) is 13.9. The molecule has 0 amide bonds. The van der Waals surface area contributed by atoms with Crippen LogP contribution in [0, 0.1) is 10.1 Å². The van der Waals surface area contributed by atoms with Gasteiger partial charge in [-0.1, -0.05) is 15.9 Å². The van der Waals surface area contributed by atoms with Gasteiger partial charge in [-0.3, -0.25) is 10.1 Å². The summed E-state index contributed by atoms with van der Waals surface area (Å²) < 4.78 is 0.837. The van der Waals surface area contributed by atoms with Crippen molar-refractivity contribution in [2.75, 3.05) is 32.1 Å². The number of likely N-dealkylation sites (N-methyl/N-ethyl adjacent to an activating group) is 2. The lowest BCUT2D eigenvalue weighted by atomic mass is 10.2. The summed E-state index contributed by atoms with van der Waals surface area (Å²) in [7, 11) is 3.69. The Morgan fingerprint density at radius 3 is 2.81 bits per heavy atom. The molecule has 1 rings (SSSR count). The van der Waals surface area contributed by atoms with E-state index in [0.29, 0.717) is 12.2 Å². The molecule has 6 heteroatoms. The fourth-order valence-corrected chi connectivity index (χ4v) is 1.71. The van der Waals surface area contributed by atoms with E-state index in [1.54, 1.807) is 12.1 Å². The second-order valence-electron chi connectivity index (χ2n) is 3.42. The van der Waals surface area contributed by atoms with Crippen LogP contribution in [0.1, 0.15) is 0 Å². The zero-order valence-electron chi connectivity index (χ0n) is 9.24. The monoisotopic (exact) mass is 287 g/mol. The summed E-state index contributed by atoms with van der Waals surface area (Å²) in [4.78, 5) is 12.4. The van der Waals surface area contributed by atoms with Crippen LogP contribution in [0.4, 0.5) is 11.4 Å². The standard InChI is InChI=1S/C10H14BrN3O2/c1-12-5-6-13(2)10-7-8(11)3-4-9(10)14(15)16/h3-4,7,12H,5-6H2,1-2H3. The first-order chi connectivity index (χ1) is 7.56. The highest BCUT2D eigenvalue weighted by molar-refractivity contribution is 9.10. The molecule has 0 saturated heterocycles. The maximum atomic E-state index is 10.9. The molecular formula is C10H14BrN3O2. The zero-order valence-corrected chi connectivity index (χ0v) is 10.8. The molecule has 0 heterocycles. The third-order valence-electron chi connectivity index (χ3n) is 2.24. The number of nitrogens with zero attached hydrogens (tertiary/aromatic N) is 2. The molecule has 16 heavy (non-hydrogen) atoms. The number of nitrogens with one attached hydrogen (secondary N) is 1. The van der Waals surface area contributed by atoms with E-state index in [1.807, 2.05) is 19.0 Å². The molecule has 0 spiro atoms. The molecule has 0 bridgehead atoms. The number of nitro benzene ring substituents is 1. The predicted octanol–water partition coefficient (Wildman–Crippen LogP) is 2.01. The second-order valence-corrected chi connectivity index (χ2v) is 4.33. The normalized spacial score (nSPS) is 10.2. The van der Waals surface area contributed by atoms with Crippen LogP contribution in [0.25, 0.3) is 0 Å². The fraction of sp³-hybridized carbons (Fsp3) is 0.400. The molecule has 0 aliphatic carbocycles. The Labute approximate surface area is 103 Å². The van der Waals surface area contributed by atoms with E-state index >= 15 is 0 Å². The first-order valence-corrected chi connectivity index (χ1v) is 5.65. The number of anilines is 1. The van der Waals surface area contributed by atoms with E-state index < -0.39 is 0 Å². The van der Waals surface area contributed by atoms with Crippen LogP contribution in [0.15, 0.2) is 22.7 Å². The highest BCUT2D eigenvalue weighted by Crippen LogP contribution is 2.30. The molecular weight excluding hydrogens is 274 g/mol. The van der Waals surface area contributed by atoms with Crippen LogP contribution in [-0.2, 0) is 0 Å². The van der Waals surface area contributed by atoms with E-state index in [9.17, 15) is 10.1 Å². The average molecular weight is 288 g/mol. The van der Waals surface area contributed by atoms with Gasteiger partial charge in [0.05, 0.1) is 4.92 Å². The van der Waals surface area contributed by atoms with E-state index in [1.165, 1.54) is 6.07 Å². The molecule has 0 radical (unpaired) electrons. The summed E-state index contributed by atoms with van der Waals surface area (Å²) >= 11 is 3.32. The number of nitro groups is 1. The molecule has 0 saturated carbocycles. The minimum absolute atomic E-state index is 0.127. The van der Waals surface area contributed by atoms with E-state index in [-0.39, 0.29) is 10.6 Å². The van der Waals surface area contributed by atoms with Crippen LogP contribution >= 0.6 is 15.9 Å². The predicted molar refractivity (Wildman–Crippen MR) is 68.0 cm³/mol. The Morgan fingerprint density at radius 2 is 2.25 bits per heavy atom. The van der Waals surface area contributed by atoms with E-state index in [2.05, 4.69) is 21.2 Å². The van der Waals surface area contributed by atoms with Gasteiger partial charge in [0.15, 0.2) is 0 Å². The minimum atomic E-state index is -0.363. The first-order valence-electron chi connectivity index (χ1n) is 4.86. The molecule has 5 nitrogen and oxygen atoms in total. The Bertz CT molecular complexity index is 384. The van der Waals surface area contributed by atoms with E-state index in [4.69, 9.17) is 0 Å². The fourth-order valence-electron chi connectivity index (χ4n) is 1.36. The van der Waals surface area contributed by atoms with Gasteiger partial charge in [-0.2, -0.15) is 0 Å². The van der Waals surface area contributed by atoms with Gasteiger partial charge >= 0.3 is 0 Å². The van der Waals surface area contributed by atoms with Crippen molar-refractivity contribution < 1.29 is 4.92 Å². The summed E-state index contributed by atoms with van der Waals surface area (Å²) in [6.07, 6.45) is 0. The number of hydrogen-bond donors (Lipinski definition) is 1. The zero-order chi connectivity index (χ0) is 12.1. The SMILES string of the molecule is CNCCN(C)c1cc(Br)ccc1[N+](=O)[O-]. The molecule has 1 aromatic carbocycles. The summed E-state index contributed by atoms with van der Waals surface area (Å²) in [5.74, 6) is 0. The van der Waals surface area contributed by atoms with Gasteiger partial charge in [0.1, 0.15) is 5.69 Å². The quantitative estimate of drug-likeness (QED) is 0.665. The molecule has 1 N–H and O–H groups in total. The Kier molecular flexibility index (Phi) is 4.70. The third-order valence-corrected chi connectivity index (χ3v) is 2.74. The smallest absolute Gasteiger partial charge is 0.292 e. The number of rotatable bonds is 5. The van der Waals surface area contributed by atoms with Crippen LogP contribution in [0.3, 0.4) is 0 Å². The molecule has 1 aromatic rings. The van der Waals surface area contributed by atoms with Gasteiger partial charge in [0, 0.05) is 30.7 Å². The lowest BCUT2D eigenvalue weighted by Crippen LogP contribution is -2.27. The van der Waals surface area contributed by atoms with Crippen molar-refractivity contribution in [3.05, 3.63) is 32.8 Å². The Hall–Kier alpha value is -1.14. The van der Waals surface area contributed by atoms with Crippen molar-refractivity contribution >= 4 is 27.3 Å². The van der Waals surface area contributed by atoms with Crippen molar-refractivity contribution in [1.82, 2.24) is 5.32 Å². The Morgan fingerprint density at radius 1 is 1.56 bits per heavy atom. The molecule has 0 aliphatic heterocycles. The van der Waals surface area contributed by atoms with Gasteiger partial charge in [-0.15, -0.1) is 0 Å². The molecule has 0 fully saturated rings. The van der Waals surface area contributed by atoms with E-state index in [0.717, 1.165) is 11.0 Å². The van der Waals surface area contributed by atoms with Gasteiger partial charge in [0.2, 0.25) is 0 Å². The minimum Gasteiger partial charge on any atom is -0.368 e. The van der Waals surface area contributed by atoms with Crippen molar-refractivity contribution in [3.63, 3.8) is 0 Å². The topological polar surface area (TPSA) is 58.4 Å². The van der Waals surface area contributed by atoms with Crippen molar-refractivity contribution in [3.8, 4) is 0 Å². The first kappa shape index (κ1) is 12.9. The second kappa shape index (κ2) is 5.81. The maximum absolute atomic E-state index is 10.9. The lowest BCUT2D eigenvalue weighted by Gasteiger charge is -2.19. The largest absolute Gasteiger partial charge is 0.368 e. The van der Waals surface area contributed by atoms with Gasteiger partial charge in [-0.25, -0.2) is 0 Å². The summed E-state index contributed by atoms with van der Waals surface area (Å²) in [5.41, 5.74) is 0.747. The third kappa shape index (κ3) is 3.18. The van der Waals surface area contributed by atoms with Gasteiger partial charge < -0.3 is 10.2 Å². The molecule has 88 valence electrons. The maximum Gasteiger partial charge on any atom is 0.292 e. The lowest BCUT2D eigenvalue weighted by molar-refractivity contribution is -0.384. The number of halogens is 1. The van der Waals surface area contributed by atoms with Crippen LogP contribution in [0.2, 0.25) is 0 Å². The highest BCUT2D eigenvalue weighted by Gasteiger charge is 2.16. The molecule has 0 atom stereocenters. The summed E-state index contributed by atoms with van der Waals surface area (Å²) in [6.45, 7) is 1.49. The van der Waals surface area contributed by atoms with Crippen molar-refractivity contribution in [1.29, 1.82) is 0 Å². The van der Waals surface area contributed by atoms with Crippen LogP contribution in [0.5, 0.6) is 0 Å². The number of hydrogen-bond acceptors (Lipinski definition) is 4. The van der Waals surface area contributed by atoms with Crippen LogP contribution < -0.4 is 10.2 Å². The molecule has 0 aliphatic rings. The van der Waals surface area contributed by atoms with Gasteiger partial charge in [-0.05, 0) is 19.2 Å². The van der Waals surface area contributed by atoms with Crippen LogP contribution in [-0.4, -0.2) is 32.1 Å². The molecule has 0 unspecified atom stereocenters. The summed E-state index contributed by atoms with van der Waals surface area (Å²) in [6, 6.07) is 4.94. The van der Waals surface area contributed by atoms with Crippen molar-refractivity contribution in [2.24, 2.45) is 0 Å². The highest BCUT2D eigenvalue weighted by atomic mass is 79.9. The number of benzene rings is 1.